The van der Waals surface area contributed by atoms with E-state index in [2.05, 4.69) is 4.90 Å². The minimum absolute atomic E-state index is 0.0763. The predicted molar refractivity (Wildman–Crippen MR) is 89.0 cm³/mol. The van der Waals surface area contributed by atoms with Crippen LogP contribution in [0.4, 0.5) is 0 Å². The average Bonchev–Trinajstić information content (AvgIpc) is 3.16. The van der Waals surface area contributed by atoms with Gasteiger partial charge >= 0.3 is 0 Å². The van der Waals surface area contributed by atoms with Crippen LogP contribution in [0.5, 0.6) is 5.75 Å². The van der Waals surface area contributed by atoms with E-state index in [4.69, 9.17) is 9.15 Å². The third-order valence-corrected chi connectivity index (χ3v) is 4.05. The summed E-state index contributed by atoms with van der Waals surface area (Å²) < 4.78 is 10.7. The van der Waals surface area contributed by atoms with Crippen LogP contribution in [0, 0.1) is 0 Å². The molecule has 6 nitrogen and oxygen atoms in total. The lowest BCUT2D eigenvalue weighted by Crippen LogP contribution is -2.50. The summed E-state index contributed by atoms with van der Waals surface area (Å²) in [5.74, 6) is 1.05. The van der Waals surface area contributed by atoms with Crippen LogP contribution < -0.4 is 4.74 Å². The first-order chi connectivity index (χ1) is 11.7. The fourth-order valence-corrected chi connectivity index (χ4v) is 2.75. The number of hydrogen-bond acceptors (Lipinski definition) is 5. The van der Waals surface area contributed by atoms with Crippen molar-refractivity contribution in [2.24, 2.45) is 0 Å². The fourth-order valence-electron chi connectivity index (χ4n) is 2.75. The summed E-state index contributed by atoms with van der Waals surface area (Å²) in [7, 11) is 0. The van der Waals surface area contributed by atoms with E-state index in [1.165, 1.54) is 6.26 Å². The second-order valence-electron chi connectivity index (χ2n) is 5.85. The largest absolute Gasteiger partial charge is 0.491 e. The van der Waals surface area contributed by atoms with Crippen LogP contribution in [-0.4, -0.2) is 66.2 Å². The molecule has 1 aliphatic heterocycles. The molecular formula is C18H22N2O4. The van der Waals surface area contributed by atoms with Gasteiger partial charge in [-0.1, -0.05) is 18.2 Å². The Morgan fingerprint density at radius 3 is 2.54 bits per heavy atom. The Morgan fingerprint density at radius 1 is 1.12 bits per heavy atom. The summed E-state index contributed by atoms with van der Waals surface area (Å²) in [6.45, 7) is 3.52. The number of aliphatic hydroxyl groups is 1. The molecule has 0 aliphatic carbocycles. The number of carbonyl (C=O) groups excluding carboxylic acids is 1. The van der Waals surface area contributed by atoms with Gasteiger partial charge in [0.1, 0.15) is 18.5 Å². The van der Waals surface area contributed by atoms with E-state index < -0.39 is 6.10 Å². The fraction of sp³-hybridized carbons (Fsp3) is 0.389. The van der Waals surface area contributed by atoms with Crippen LogP contribution in [0.15, 0.2) is 53.1 Å². The summed E-state index contributed by atoms with van der Waals surface area (Å²) >= 11 is 0. The van der Waals surface area contributed by atoms with E-state index in [1.807, 2.05) is 30.3 Å². The zero-order valence-electron chi connectivity index (χ0n) is 13.5. The number of benzene rings is 1. The van der Waals surface area contributed by atoms with E-state index in [0.717, 1.165) is 18.8 Å². The third-order valence-electron chi connectivity index (χ3n) is 4.05. The summed E-state index contributed by atoms with van der Waals surface area (Å²) in [5.41, 5.74) is 0. The molecule has 0 spiro atoms. The molecule has 1 atom stereocenters. The third kappa shape index (κ3) is 4.37. The van der Waals surface area contributed by atoms with Gasteiger partial charge in [0.25, 0.3) is 5.91 Å². The number of furan rings is 1. The lowest BCUT2D eigenvalue weighted by molar-refractivity contribution is 0.0389. The van der Waals surface area contributed by atoms with Crippen molar-refractivity contribution in [2.45, 2.75) is 6.10 Å². The summed E-state index contributed by atoms with van der Waals surface area (Å²) in [5, 5.41) is 10.1. The van der Waals surface area contributed by atoms with Crippen LogP contribution in [0.25, 0.3) is 0 Å². The van der Waals surface area contributed by atoms with Gasteiger partial charge in [-0.15, -0.1) is 0 Å². The van der Waals surface area contributed by atoms with Crippen LogP contribution in [0.3, 0.4) is 0 Å². The van der Waals surface area contributed by atoms with Crippen molar-refractivity contribution in [3.05, 3.63) is 54.5 Å². The molecule has 1 fully saturated rings. The van der Waals surface area contributed by atoms with E-state index in [9.17, 15) is 9.90 Å². The van der Waals surface area contributed by atoms with Crippen molar-refractivity contribution in [1.82, 2.24) is 9.80 Å². The minimum atomic E-state index is -0.558. The second-order valence-corrected chi connectivity index (χ2v) is 5.85. The highest BCUT2D eigenvalue weighted by molar-refractivity contribution is 5.91. The van der Waals surface area contributed by atoms with Gasteiger partial charge in [-0.05, 0) is 24.3 Å². The maximum absolute atomic E-state index is 12.2. The van der Waals surface area contributed by atoms with Gasteiger partial charge in [0.15, 0.2) is 5.76 Å². The molecule has 2 heterocycles. The van der Waals surface area contributed by atoms with Crippen molar-refractivity contribution in [2.75, 3.05) is 39.3 Å². The van der Waals surface area contributed by atoms with Gasteiger partial charge < -0.3 is 19.2 Å². The Kier molecular flexibility index (Phi) is 5.51. The van der Waals surface area contributed by atoms with Gasteiger partial charge in [0.05, 0.1) is 6.26 Å². The van der Waals surface area contributed by atoms with Gasteiger partial charge in [0, 0.05) is 32.7 Å². The molecule has 1 amide bonds. The van der Waals surface area contributed by atoms with Crippen molar-refractivity contribution < 1.29 is 19.1 Å². The zero-order chi connectivity index (χ0) is 16.8. The van der Waals surface area contributed by atoms with Gasteiger partial charge in [0.2, 0.25) is 0 Å². The van der Waals surface area contributed by atoms with Gasteiger partial charge in [-0.2, -0.15) is 0 Å². The smallest absolute Gasteiger partial charge is 0.289 e. The molecule has 2 aromatic rings. The molecule has 0 unspecified atom stereocenters. The minimum Gasteiger partial charge on any atom is -0.491 e. The number of carbonyl (C=O) groups is 1. The van der Waals surface area contributed by atoms with Crippen LogP contribution in [0.1, 0.15) is 10.6 Å². The molecular weight excluding hydrogens is 308 g/mol. The molecule has 0 radical (unpaired) electrons. The molecule has 1 saturated heterocycles. The number of hydrogen-bond donors (Lipinski definition) is 1. The monoisotopic (exact) mass is 330 g/mol. The van der Waals surface area contributed by atoms with E-state index in [0.29, 0.717) is 25.4 Å². The molecule has 128 valence electrons. The van der Waals surface area contributed by atoms with E-state index in [-0.39, 0.29) is 12.5 Å². The topological polar surface area (TPSA) is 66.2 Å². The maximum atomic E-state index is 12.2. The number of para-hydroxylation sites is 1. The first-order valence-electron chi connectivity index (χ1n) is 8.13. The molecule has 1 aliphatic rings. The molecule has 1 N–H and O–H groups in total. The number of piperazine rings is 1. The Balaban J connectivity index is 1.39. The molecule has 1 aromatic heterocycles. The first-order valence-corrected chi connectivity index (χ1v) is 8.13. The highest BCUT2D eigenvalue weighted by atomic mass is 16.5. The Morgan fingerprint density at radius 2 is 1.88 bits per heavy atom. The van der Waals surface area contributed by atoms with Crippen LogP contribution >= 0.6 is 0 Å². The number of ether oxygens (including phenoxy) is 1. The Hall–Kier alpha value is -2.31. The molecule has 6 heteroatoms. The van der Waals surface area contributed by atoms with Crippen molar-refractivity contribution in [1.29, 1.82) is 0 Å². The number of nitrogens with zero attached hydrogens (tertiary/aromatic N) is 2. The molecule has 0 saturated carbocycles. The van der Waals surface area contributed by atoms with Crippen LogP contribution in [-0.2, 0) is 0 Å². The molecule has 3 rings (SSSR count). The lowest BCUT2D eigenvalue weighted by Gasteiger charge is -2.35. The lowest BCUT2D eigenvalue weighted by atomic mass is 10.2. The van der Waals surface area contributed by atoms with Crippen molar-refractivity contribution >= 4 is 5.91 Å². The highest BCUT2D eigenvalue weighted by Crippen LogP contribution is 2.11. The normalized spacial score (nSPS) is 16.8. The average molecular weight is 330 g/mol. The second kappa shape index (κ2) is 7.99. The summed E-state index contributed by atoms with van der Waals surface area (Å²) in [6, 6.07) is 12.9. The summed E-state index contributed by atoms with van der Waals surface area (Å²) in [4.78, 5) is 16.1. The highest BCUT2D eigenvalue weighted by Gasteiger charge is 2.24. The number of rotatable bonds is 6. The maximum Gasteiger partial charge on any atom is 0.289 e. The SMILES string of the molecule is O=C(c1ccco1)N1CCN(C[C@@H](O)COc2ccccc2)CC1. The van der Waals surface area contributed by atoms with E-state index >= 15 is 0 Å². The summed E-state index contributed by atoms with van der Waals surface area (Å²) in [6.07, 6.45) is 0.949. The number of amides is 1. The standard InChI is InChI=1S/C18H22N2O4/c21-15(14-24-16-5-2-1-3-6-16)13-19-8-10-20(11-9-19)18(22)17-7-4-12-23-17/h1-7,12,15,21H,8-11,13-14H2/t15-/m1/s1. The zero-order valence-corrected chi connectivity index (χ0v) is 13.5. The van der Waals surface area contributed by atoms with Gasteiger partial charge in [-0.3, -0.25) is 9.69 Å². The van der Waals surface area contributed by atoms with E-state index in [1.54, 1.807) is 17.0 Å². The number of β-amino-alcohol motifs (C(OH)–C–C–N with tert-alkyl or cyclic N) is 1. The Labute approximate surface area is 141 Å². The van der Waals surface area contributed by atoms with Gasteiger partial charge in [-0.25, -0.2) is 0 Å². The molecule has 0 bridgehead atoms. The van der Waals surface area contributed by atoms with Crippen molar-refractivity contribution in [3.8, 4) is 5.75 Å². The quantitative estimate of drug-likeness (QED) is 0.869. The number of aliphatic hydroxyl groups excluding tert-OH is 1. The predicted octanol–water partition coefficient (Wildman–Crippen LogP) is 1.48. The van der Waals surface area contributed by atoms with Crippen molar-refractivity contribution in [3.63, 3.8) is 0 Å². The van der Waals surface area contributed by atoms with Crippen LogP contribution in [0.2, 0.25) is 0 Å². The molecule has 24 heavy (non-hydrogen) atoms. The molecule has 1 aromatic carbocycles. The first kappa shape index (κ1) is 16.5. The Bertz CT molecular complexity index is 622.